The van der Waals surface area contributed by atoms with Crippen molar-refractivity contribution in [3.63, 3.8) is 0 Å². The van der Waals surface area contributed by atoms with Crippen molar-refractivity contribution in [3.8, 4) is 16.9 Å². The van der Waals surface area contributed by atoms with Gasteiger partial charge in [0.25, 0.3) is 0 Å². The van der Waals surface area contributed by atoms with E-state index >= 15 is 0 Å². The second kappa shape index (κ2) is 13.7. The predicted molar refractivity (Wildman–Crippen MR) is 179 cm³/mol. The highest BCUT2D eigenvalue weighted by Gasteiger charge is 2.33. The van der Waals surface area contributed by atoms with Crippen LogP contribution in [-0.4, -0.2) is 50.6 Å². The molecule has 0 atom stereocenters. The number of hydrogen-bond acceptors (Lipinski definition) is 5. The lowest BCUT2D eigenvalue weighted by atomic mass is 9.77. The average Bonchev–Trinajstić information content (AvgIpc) is 3.78. The Kier molecular flexibility index (Phi) is 9.66. The lowest BCUT2D eigenvalue weighted by Crippen LogP contribution is -2.42. The summed E-state index contributed by atoms with van der Waals surface area (Å²) >= 11 is 0. The number of methoxy groups -OCH3 is 1. The maximum atomic E-state index is 14.3. The number of hydrogen-bond donors (Lipinski definition) is 1. The third-order valence-electron chi connectivity index (χ3n) is 10.3. The molecule has 1 N–H and O–H groups in total. The van der Waals surface area contributed by atoms with E-state index in [0.29, 0.717) is 24.4 Å². The Morgan fingerprint density at radius 1 is 0.956 bits per heavy atom. The van der Waals surface area contributed by atoms with E-state index in [1.807, 2.05) is 6.20 Å². The molecule has 0 bridgehead atoms. The summed E-state index contributed by atoms with van der Waals surface area (Å²) in [6.07, 6.45) is 15.4. The molecule has 9 heteroatoms. The first-order valence-corrected chi connectivity index (χ1v) is 18.6. The van der Waals surface area contributed by atoms with Crippen LogP contribution in [0.25, 0.3) is 11.1 Å². The molecule has 2 aromatic carbocycles. The zero-order valence-electron chi connectivity index (χ0n) is 27.0. The van der Waals surface area contributed by atoms with Crippen molar-refractivity contribution in [2.45, 2.75) is 83.1 Å². The molecule has 0 saturated heterocycles. The van der Waals surface area contributed by atoms with E-state index < -0.39 is 10.0 Å². The minimum atomic E-state index is -3.21. The standard InChI is InChI=1S/C36H48N4O4S/c1-25-19-31(15-18-35(25)44-2)28-11-9-27(10-12-28)23-39(36(41)29-13-7-26(8-14-29)21-38-45(3,42)43)34-6-4-5-30(20-34)32-22-37-40(24-32)33-16-17-33/h4-6,15,18-20,22,24,26-29,33,38H,7-14,16-17,21,23H2,1-3H3/t26-,27-,28-,29-. The van der Waals surface area contributed by atoms with Gasteiger partial charge in [-0.05, 0) is 124 Å². The number of ether oxygens (including phenoxy) is 1. The molecule has 0 aliphatic heterocycles. The second-order valence-electron chi connectivity index (χ2n) is 13.7. The summed E-state index contributed by atoms with van der Waals surface area (Å²) in [7, 11) is -1.49. The Morgan fingerprint density at radius 2 is 1.69 bits per heavy atom. The number of amides is 1. The largest absolute Gasteiger partial charge is 0.496 e. The number of anilines is 1. The summed E-state index contributed by atoms with van der Waals surface area (Å²) in [5.41, 5.74) is 5.71. The molecule has 45 heavy (non-hydrogen) atoms. The topological polar surface area (TPSA) is 93.5 Å². The zero-order chi connectivity index (χ0) is 31.6. The predicted octanol–water partition coefficient (Wildman–Crippen LogP) is 6.86. The van der Waals surface area contributed by atoms with E-state index in [9.17, 15) is 13.2 Å². The van der Waals surface area contributed by atoms with E-state index in [2.05, 4.69) is 75.0 Å². The Bertz CT molecular complexity index is 1580. The van der Waals surface area contributed by atoms with Gasteiger partial charge < -0.3 is 9.64 Å². The lowest BCUT2D eigenvalue weighted by molar-refractivity contribution is -0.123. The molecule has 6 rings (SSSR count). The Balaban J connectivity index is 1.16. The molecule has 242 valence electrons. The van der Waals surface area contributed by atoms with Crippen LogP contribution in [-0.2, 0) is 14.8 Å². The first-order chi connectivity index (χ1) is 21.7. The van der Waals surface area contributed by atoms with Crippen LogP contribution in [0, 0.1) is 24.7 Å². The normalized spacial score (nSPS) is 23.9. The van der Waals surface area contributed by atoms with Crippen molar-refractivity contribution in [1.29, 1.82) is 0 Å². The van der Waals surface area contributed by atoms with Gasteiger partial charge >= 0.3 is 0 Å². The van der Waals surface area contributed by atoms with E-state index in [0.717, 1.165) is 80.5 Å². The molecule has 1 heterocycles. The SMILES string of the molecule is COc1ccc([C@H]2CC[C@H](CN(c3cccc(-c4cnn(C5CC5)c4)c3)C(=O)[C@H]3CC[C@H](CNS(C)(=O)=O)CC3)CC2)cc1C. The second-order valence-corrected chi connectivity index (χ2v) is 15.6. The van der Waals surface area contributed by atoms with Crippen LogP contribution in [0.1, 0.15) is 87.3 Å². The van der Waals surface area contributed by atoms with Gasteiger partial charge in [-0.3, -0.25) is 9.48 Å². The Morgan fingerprint density at radius 3 is 2.36 bits per heavy atom. The summed E-state index contributed by atoms with van der Waals surface area (Å²) < 4.78 is 33.4. The number of sulfonamides is 1. The molecule has 0 radical (unpaired) electrons. The van der Waals surface area contributed by atoms with E-state index in [1.165, 1.54) is 30.2 Å². The highest BCUT2D eigenvalue weighted by molar-refractivity contribution is 7.88. The first-order valence-electron chi connectivity index (χ1n) is 16.7. The number of rotatable bonds is 11. The molecule has 1 aromatic heterocycles. The van der Waals surface area contributed by atoms with Crippen LogP contribution in [0.5, 0.6) is 5.75 Å². The minimum Gasteiger partial charge on any atom is -0.496 e. The van der Waals surface area contributed by atoms with Crippen LogP contribution < -0.4 is 14.4 Å². The van der Waals surface area contributed by atoms with Crippen LogP contribution >= 0.6 is 0 Å². The number of benzene rings is 2. The molecular formula is C36H48N4O4S. The summed E-state index contributed by atoms with van der Waals surface area (Å²) in [6.45, 7) is 3.29. The molecule has 3 fully saturated rings. The van der Waals surface area contributed by atoms with Crippen molar-refractivity contribution in [3.05, 3.63) is 66.0 Å². The van der Waals surface area contributed by atoms with E-state index in [1.54, 1.807) is 7.11 Å². The maximum Gasteiger partial charge on any atom is 0.230 e. The molecule has 3 aliphatic carbocycles. The van der Waals surface area contributed by atoms with Gasteiger partial charge in [-0.15, -0.1) is 0 Å². The fraction of sp³-hybridized carbons (Fsp3) is 0.556. The summed E-state index contributed by atoms with van der Waals surface area (Å²) in [5, 5.41) is 4.60. The van der Waals surface area contributed by atoms with E-state index in [-0.39, 0.29) is 17.7 Å². The zero-order valence-corrected chi connectivity index (χ0v) is 27.8. The van der Waals surface area contributed by atoms with E-state index in [4.69, 9.17) is 4.74 Å². The molecule has 3 saturated carbocycles. The Hall–Kier alpha value is -3.17. The van der Waals surface area contributed by atoms with Crippen molar-refractivity contribution < 1.29 is 17.9 Å². The van der Waals surface area contributed by atoms with Gasteiger partial charge in [-0.25, -0.2) is 13.1 Å². The average molecular weight is 633 g/mol. The van der Waals surface area contributed by atoms with Gasteiger partial charge in [0, 0.05) is 36.5 Å². The van der Waals surface area contributed by atoms with Crippen molar-refractivity contribution in [2.75, 3.05) is 31.4 Å². The number of carbonyl (C=O) groups excluding carboxylic acids is 1. The fourth-order valence-electron chi connectivity index (χ4n) is 7.40. The number of aromatic nitrogens is 2. The maximum absolute atomic E-state index is 14.3. The van der Waals surface area contributed by atoms with Crippen molar-refractivity contribution in [2.24, 2.45) is 17.8 Å². The highest BCUT2D eigenvalue weighted by Crippen LogP contribution is 2.40. The van der Waals surface area contributed by atoms with Crippen LogP contribution in [0.3, 0.4) is 0 Å². The van der Waals surface area contributed by atoms with Gasteiger partial charge in [0.15, 0.2) is 0 Å². The first kappa shape index (κ1) is 31.8. The molecule has 0 spiro atoms. The van der Waals surface area contributed by atoms with Crippen molar-refractivity contribution >= 4 is 21.6 Å². The van der Waals surface area contributed by atoms with Gasteiger partial charge in [0.05, 0.1) is 25.6 Å². The molecule has 3 aliphatic rings. The fourth-order valence-corrected chi connectivity index (χ4v) is 7.94. The highest BCUT2D eigenvalue weighted by atomic mass is 32.2. The van der Waals surface area contributed by atoms with Gasteiger partial charge in [-0.2, -0.15) is 5.10 Å². The molecule has 1 amide bonds. The number of aryl methyl sites for hydroxylation is 1. The summed E-state index contributed by atoms with van der Waals surface area (Å²) in [5.74, 6) is 2.37. The Labute approximate surface area is 268 Å². The summed E-state index contributed by atoms with van der Waals surface area (Å²) in [4.78, 5) is 16.4. The van der Waals surface area contributed by atoms with Crippen LogP contribution in [0.15, 0.2) is 54.9 Å². The van der Waals surface area contributed by atoms with Gasteiger partial charge in [0.1, 0.15) is 5.75 Å². The smallest absolute Gasteiger partial charge is 0.230 e. The summed E-state index contributed by atoms with van der Waals surface area (Å²) in [6, 6.07) is 15.5. The van der Waals surface area contributed by atoms with Crippen LogP contribution in [0.2, 0.25) is 0 Å². The number of nitrogens with zero attached hydrogens (tertiary/aromatic N) is 3. The third kappa shape index (κ3) is 7.98. The molecular weight excluding hydrogens is 584 g/mol. The number of carbonyl (C=O) groups is 1. The minimum absolute atomic E-state index is 0.0423. The quantitative estimate of drug-likeness (QED) is 0.249. The number of nitrogens with one attached hydrogen (secondary N) is 1. The molecule has 8 nitrogen and oxygen atoms in total. The van der Waals surface area contributed by atoms with Gasteiger partial charge in [-0.1, -0.05) is 24.3 Å². The molecule has 3 aromatic rings. The van der Waals surface area contributed by atoms with Crippen molar-refractivity contribution in [1.82, 2.24) is 14.5 Å². The van der Waals surface area contributed by atoms with Gasteiger partial charge in [0.2, 0.25) is 15.9 Å². The molecule has 0 unspecified atom stereocenters. The third-order valence-corrected chi connectivity index (χ3v) is 11.0. The monoisotopic (exact) mass is 632 g/mol. The van der Waals surface area contributed by atoms with Crippen LogP contribution in [0.4, 0.5) is 5.69 Å². The lowest BCUT2D eigenvalue weighted by Gasteiger charge is -2.36.